The Morgan fingerprint density at radius 3 is 2.83 bits per heavy atom. The van der Waals surface area contributed by atoms with Gasteiger partial charge in [-0.3, -0.25) is 4.72 Å². The molecule has 0 atom stereocenters. The Hall–Kier alpha value is -1.71. The molecule has 0 amide bonds. The minimum absolute atomic E-state index is 0.0261. The first kappa shape index (κ1) is 16.2. The van der Waals surface area contributed by atoms with E-state index in [4.69, 9.17) is 11.6 Å². The number of aromatic nitrogens is 3. The molecule has 0 aliphatic rings. The zero-order valence-corrected chi connectivity index (χ0v) is 14.6. The molecule has 0 bridgehead atoms. The highest BCUT2D eigenvalue weighted by Gasteiger charge is 2.27. The molecule has 0 aliphatic carbocycles. The van der Waals surface area contributed by atoms with Gasteiger partial charge in [0, 0.05) is 0 Å². The van der Waals surface area contributed by atoms with Gasteiger partial charge in [-0.25, -0.2) is 9.37 Å². The van der Waals surface area contributed by atoms with E-state index in [9.17, 15) is 12.8 Å². The summed E-state index contributed by atoms with van der Waals surface area (Å²) in [4.78, 5) is 4.81. The molecule has 2 aromatic heterocycles. The Morgan fingerprint density at radius 1 is 1.43 bits per heavy atom. The molecule has 3 rings (SSSR count). The summed E-state index contributed by atoms with van der Waals surface area (Å²) in [5, 5.41) is 4.83. The van der Waals surface area contributed by atoms with Crippen molar-refractivity contribution in [2.75, 3.05) is 4.72 Å². The van der Waals surface area contributed by atoms with Crippen LogP contribution in [-0.2, 0) is 16.4 Å². The van der Waals surface area contributed by atoms with Crippen LogP contribution in [0.3, 0.4) is 0 Å². The lowest BCUT2D eigenvalue weighted by atomic mass is 10.3. The normalized spacial score (nSPS) is 12.0. The largest absolute Gasteiger partial charge is 0.281 e. The summed E-state index contributed by atoms with van der Waals surface area (Å²) < 4.78 is 42.3. The van der Waals surface area contributed by atoms with E-state index in [1.165, 1.54) is 21.9 Å². The van der Waals surface area contributed by atoms with Crippen LogP contribution in [0.2, 0.25) is 5.02 Å². The molecule has 0 fully saturated rings. The van der Waals surface area contributed by atoms with Crippen molar-refractivity contribution in [3.8, 4) is 0 Å². The van der Waals surface area contributed by atoms with Crippen LogP contribution in [0.4, 0.5) is 10.1 Å². The van der Waals surface area contributed by atoms with E-state index in [-0.39, 0.29) is 15.7 Å². The zero-order chi connectivity index (χ0) is 16.8. The number of imidazole rings is 1. The number of aryl methyl sites for hydroxylation is 2. The van der Waals surface area contributed by atoms with Crippen LogP contribution in [0.15, 0.2) is 23.2 Å². The second-order valence-corrected chi connectivity index (χ2v) is 7.93. The number of halogens is 2. The first-order chi connectivity index (χ1) is 10.8. The van der Waals surface area contributed by atoms with Gasteiger partial charge in [0.15, 0.2) is 0 Å². The average Bonchev–Trinajstić information content (AvgIpc) is 2.97. The van der Waals surface area contributed by atoms with E-state index in [1.54, 1.807) is 6.92 Å². The molecule has 0 saturated heterocycles. The molecule has 1 N–H and O–H groups in total. The first-order valence-electron chi connectivity index (χ1n) is 6.64. The van der Waals surface area contributed by atoms with E-state index in [1.807, 2.05) is 6.92 Å². The summed E-state index contributed by atoms with van der Waals surface area (Å²) in [7, 11) is -3.97. The van der Waals surface area contributed by atoms with Crippen LogP contribution in [-0.4, -0.2) is 23.0 Å². The Bertz CT molecular complexity index is 997. The quantitative estimate of drug-likeness (QED) is 0.760. The molecule has 1 aromatic carbocycles. The zero-order valence-electron chi connectivity index (χ0n) is 12.2. The second-order valence-electron chi connectivity index (χ2n) is 4.76. The Kier molecular flexibility index (Phi) is 4.03. The third kappa shape index (κ3) is 2.91. The molecule has 10 heteroatoms. The average molecular weight is 375 g/mol. The minimum atomic E-state index is -3.97. The highest BCUT2D eigenvalue weighted by atomic mass is 35.5. The summed E-state index contributed by atoms with van der Waals surface area (Å²) in [5.74, 6) is -0.547. The monoisotopic (exact) mass is 374 g/mol. The number of fused-ring (bicyclic) bond motifs is 1. The van der Waals surface area contributed by atoms with Gasteiger partial charge in [0.25, 0.3) is 10.0 Å². The van der Waals surface area contributed by atoms with Crippen LogP contribution in [0.25, 0.3) is 4.96 Å². The highest BCUT2D eigenvalue weighted by molar-refractivity contribution is 7.92. The molecule has 0 unspecified atom stereocenters. The van der Waals surface area contributed by atoms with Crippen molar-refractivity contribution >= 4 is 43.6 Å². The maximum atomic E-state index is 13.1. The van der Waals surface area contributed by atoms with Gasteiger partial charge < -0.3 is 0 Å². The maximum absolute atomic E-state index is 13.1. The van der Waals surface area contributed by atoms with Crippen molar-refractivity contribution in [2.45, 2.75) is 25.3 Å². The van der Waals surface area contributed by atoms with Crippen LogP contribution >= 0.6 is 22.9 Å². The Morgan fingerprint density at radius 2 is 2.17 bits per heavy atom. The standard InChI is InChI=1S/C13H12ClFN4O2S2/c1-3-10-12(19-13(16-10)22-7(2)17-19)23(20,21)18-11-5-4-8(15)6-9(11)14/h4-6,18H,3H2,1-2H3. The van der Waals surface area contributed by atoms with E-state index in [0.29, 0.717) is 22.1 Å². The first-order valence-corrected chi connectivity index (χ1v) is 9.32. The lowest BCUT2D eigenvalue weighted by Crippen LogP contribution is -2.17. The number of anilines is 1. The third-order valence-electron chi connectivity index (χ3n) is 3.10. The van der Waals surface area contributed by atoms with Crippen LogP contribution in [0.1, 0.15) is 17.6 Å². The molecule has 122 valence electrons. The summed E-state index contributed by atoms with van der Waals surface area (Å²) in [5.41, 5.74) is 0.506. The van der Waals surface area contributed by atoms with Crippen LogP contribution in [0.5, 0.6) is 0 Å². The van der Waals surface area contributed by atoms with Gasteiger partial charge in [0.2, 0.25) is 9.99 Å². The molecule has 0 aliphatic heterocycles. The van der Waals surface area contributed by atoms with Gasteiger partial charge in [-0.2, -0.15) is 18.0 Å². The number of sulfonamides is 1. The van der Waals surface area contributed by atoms with Crippen LogP contribution < -0.4 is 4.72 Å². The highest BCUT2D eigenvalue weighted by Crippen LogP contribution is 2.28. The van der Waals surface area contributed by atoms with Gasteiger partial charge in [-0.1, -0.05) is 29.9 Å². The maximum Gasteiger partial charge on any atom is 0.281 e. The fourth-order valence-corrected chi connectivity index (χ4v) is 4.64. The number of nitrogens with one attached hydrogen (secondary N) is 1. The van der Waals surface area contributed by atoms with Crippen molar-refractivity contribution in [1.82, 2.24) is 14.6 Å². The molecule has 23 heavy (non-hydrogen) atoms. The molecule has 3 aromatic rings. The minimum Gasteiger partial charge on any atom is -0.277 e. The van der Waals surface area contributed by atoms with Crippen molar-refractivity contribution < 1.29 is 12.8 Å². The van der Waals surface area contributed by atoms with E-state index in [0.717, 1.165) is 12.1 Å². The fourth-order valence-electron chi connectivity index (χ4n) is 2.13. The van der Waals surface area contributed by atoms with E-state index in [2.05, 4.69) is 14.8 Å². The van der Waals surface area contributed by atoms with Gasteiger partial charge in [0.05, 0.1) is 16.4 Å². The SMILES string of the molecule is CCc1nc2sc(C)nn2c1S(=O)(=O)Nc1ccc(F)cc1Cl. The number of benzene rings is 1. The summed E-state index contributed by atoms with van der Waals surface area (Å²) in [6, 6.07) is 3.44. The van der Waals surface area contributed by atoms with Crippen molar-refractivity contribution in [1.29, 1.82) is 0 Å². The van der Waals surface area contributed by atoms with Gasteiger partial charge in [-0.05, 0) is 31.5 Å². The number of nitrogens with zero attached hydrogens (tertiary/aromatic N) is 3. The summed E-state index contributed by atoms with van der Waals surface area (Å²) in [6.07, 6.45) is 0.433. The Labute approximate surface area is 141 Å². The van der Waals surface area contributed by atoms with Crippen molar-refractivity contribution in [3.63, 3.8) is 0 Å². The molecule has 2 heterocycles. The molecular formula is C13H12ClFN4O2S2. The van der Waals surface area contributed by atoms with E-state index >= 15 is 0 Å². The van der Waals surface area contributed by atoms with Gasteiger partial charge >= 0.3 is 0 Å². The molecule has 0 radical (unpaired) electrons. The lowest BCUT2D eigenvalue weighted by Gasteiger charge is -2.09. The van der Waals surface area contributed by atoms with Gasteiger partial charge in [-0.15, -0.1) is 0 Å². The summed E-state index contributed by atoms with van der Waals surface area (Å²) >= 11 is 7.19. The predicted molar refractivity (Wildman–Crippen MR) is 87.2 cm³/mol. The molecule has 0 spiro atoms. The van der Waals surface area contributed by atoms with E-state index < -0.39 is 15.8 Å². The van der Waals surface area contributed by atoms with Crippen molar-refractivity contribution in [3.05, 3.63) is 39.7 Å². The predicted octanol–water partition coefficient (Wildman–Crippen LogP) is 3.25. The Balaban J connectivity index is 2.12. The van der Waals surface area contributed by atoms with Gasteiger partial charge in [0.1, 0.15) is 10.8 Å². The second kappa shape index (κ2) is 5.73. The number of hydrogen-bond donors (Lipinski definition) is 1. The van der Waals surface area contributed by atoms with Crippen LogP contribution in [0, 0.1) is 12.7 Å². The fraction of sp³-hybridized carbons (Fsp3) is 0.231. The molecular weight excluding hydrogens is 363 g/mol. The molecule has 0 saturated carbocycles. The molecule has 6 nitrogen and oxygen atoms in total. The number of hydrogen-bond acceptors (Lipinski definition) is 5. The van der Waals surface area contributed by atoms with Crippen molar-refractivity contribution in [2.24, 2.45) is 0 Å². The summed E-state index contributed by atoms with van der Waals surface area (Å²) in [6.45, 7) is 3.58. The number of rotatable bonds is 4. The topological polar surface area (TPSA) is 76.4 Å². The lowest BCUT2D eigenvalue weighted by molar-refractivity contribution is 0.591. The third-order valence-corrected chi connectivity index (χ3v) is 5.64. The smallest absolute Gasteiger partial charge is 0.277 e.